The molecule has 1 aromatic heterocycles. The first-order valence-electron chi connectivity index (χ1n) is 5.57. The van der Waals surface area contributed by atoms with Crippen LogP contribution in [0.2, 0.25) is 5.28 Å². The van der Waals surface area contributed by atoms with Crippen molar-refractivity contribution in [2.45, 2.75) is 38.1 Å². The number of aromatic nitrogens is 2. The van der Waals surface area contributed by atoms with Crippen LogP contribution in [0.5, 0.6) is 0 Å². The molecule has 2 rings (SSSR count). The molecule has 1 aliphatic rings. The van der Waals surface area contributed by atoms with Crippen molar-refractivity contribution in [3.8, 4) is 0 Å². The van der Waals surface area contributed by atoms with Gasteiger partial charge in [-0.05, 0) is 43.2 Å². The third-order valence-corrected chi connectivity index (χ3v) is 3.27. The molecule has 5 heteroatoms. The van der Waals surface area contributed by atoms with Crippen molar-refractivity contribution in [3.63, 3.8) is 0 Å². The van der Waals surface area contributed by atoms with Crippen LogP contribution in [-0.2, 0) is 6.42 Å². The van der Waals surface area contributed by atoms with Gasteiger partial charge in [0.05, 0.1) is 11.9 Å². The fraction of sp³-hybridized carbons (Fsp3) is 0.636. The van der Waals surface area contributed by atoms with E-state index >= 15 is 0 Å². The molecule has 2 atom stereocenters. The lowest BCUT2D eigenvalue weighted by atomic mass is 9.83. The summed E-state index contributed by atoms with van der Waals surface area (Å²) in [6.07, 6.45) is 5.97. The topological polar surface area (TPSA) is 51.8 Å². The van der Waals surface area contributed by atoms with E-state index in [4.69, 9.17) is 17.3 Å². The van der Waals surface area contributed by atoms with Gasteiger partial charge in [-0.15, -0.1) is 0 Å². The Kier molecular flexibility index (Phi) is 3.71. The summed E-state index contributed by atoms with van der Waals surface area (Å²) in [4.78, 5) is 7.53. The molecule has 0 spiro atoms. The lowest BCUT2D eigenvalue weighted by Gasteiger charge is -2.26. The summed E-state index contributed by atoms with van der Waals surface area (Å²) in [5.41, 5.74) is 6.31. The van der Waals surface area contributed by atoms with E-state index in [1.807, 2.05) is 0 Å². The van der Waals surface area contributed by atoms with Gasteiger partial charge in [-0.3, -0.25) is 0 Å². The van der Waals surface area contributed by atoms with Crippen molar-refractivity contribution in [3.05, 3.63) is 23.0 Å². The summed E-state index contributed by atoms with van der Waals surface area (Å²) in [5, 5.41) is 0.108. The SMILES string of the molecule is N[C@@H]1CCC[C@H](Cc2nc(Cl)ncc2F)C1. The second-order valence-electron chi connectivity index (χ2n) is 4.43. The first-order chi connectivity index (χ1) is 7.65. The maximum atomic E-state index is 13.4. The molecule has 1 saturated carbocycles. The molecular formula is C11H15ClFN3. The zero-order valence-corrected chi connectivity index (χ0v) is 9.75. The molecule has 0 aromatic carbocycles. The Bertz CT molecular complexity index is 372. The molecule has 1 heterocycles. The number of nitrogens with two attached hydrogens (primary N) is 1. The number of nitrogens with zero attached hydrogens (tertiary/aromatic N) is 2. The Hall–Kier alpha value is -0.740. The molecule has 0 unspecified atom stereocenters. The van der Waals surface area contributed by atoms with Gasteiger partial charge >= 0.3 is 0 Å². The van der Waals surface area contributed by atoms with Gasteiger partial charge in [0.15, 0.2) is 5.82 Å². The molecule has 0 amide bonds. The van der Waals surface area contributed by atoms with Crippen molar-refractivity contribution < 1.29 is 4.39 Å². The van der Waals surface area contributed by atoms with Crippen LogP contribution in [0.1, 0.15) is 31.4 Å². The molecular weight excluding hydrogens is 229 g/mol. The van der Waals surface area contributed by atoms with Gasteiger partial charge in [0.1, 0.15) is 0 Å². The van der Waals surface area contributed by atoms with Gasteiger partial charge < -0.3 is 5.73 Å². The van der Waals surface area contributed by atoms with Crippen LogP contribution in [0.4, 0.5) is 4.39 Å². The van der Waals surface area contributed by atoms with E-state index in [0.29, 0.717) is 18.0 Å². The second-order valence-corrected chi connectivity index (χ2v) is 4.77. The zero-order chi connectivity index (χ0) is 11.5. The Morgan fingerprint density at radius 1 is 1.50 bits per heavy atom. The molecule has 1 aromatic rings. The van der Waals surface area contributed by atoms with Crippen LogP contribution < -0.4 is 5.73 Å². The van der Waals surface area contributed by atoms with Gasteiger partial charge in [-0.1, -0.05) is 6.42 Å². The second kappa shape index (κ2) is 5.06. The lowest BCUT2D eigenvalue weighted by Crippen LogP contribution is -2.29. The highest BCUT2D eigenvalue weighted by Crippen LogP contribution is 2.26. The summed E-state index contributed by atoms with van der Waals surface area (Å²) in [5.74, 6) is 0.0489. The minimum Gasteiger partial charge on any atom is -0.328 e. The lowest BCUT2D eigenvalue weighted by molar-refractivity contribution is 0.316. The quantitative estimate of drug-likeness (QED) is 0.812. The van der Waals surface area contributed by atoms with Gasteiger partial charge in [-0.25, -0.2) is 14.4 Å². The molecule has 1 fully saturated rings. The van der Waals surface area contributed by atoms with Crippen LogP contribution in [-0.4, -0.2) is 16.0 Å². The minimum atomic E-state index is -0.372. The van der Waals surface area contributed by atoms with Crippen molar-refractivity contribution in [2.75, 3.05) is 0 Å². The van der Waals surface area contributed by atoms with Gasteiger partial charge in [0.2, 0.25) is 5.28 Å². The maximum absolute atomic E-state index is 13.4. The average molecular weight is 244 g/mol. The van der Waals surface area contributed by atoms with E-state index in [9.17, 15) is 4.39 Å². The molecule has 88 valence electrons. The van der Waals surface area contributed by atoms with Crippen LogP contribution in [0.25, 0.3) is 0 Å². The van der Waals surface area contributed by atoms with Crippen LogP contribution in [0.15, 0.2) is 6.20 Å². The fourth-order valence-electron chi connectivity index (χ4n) is 2.31. The van der Waals surface area contributed by atoms with Crippen molar-refractivity contribution in [2.24, 2.45) is 11.7 Å². The number of hydrogen-bond acceptors (Lipinski definition) is 3. The number of hydrogen-bond donors (Lipinski definition) is 1. The average Bonchev–Trinajstić information content (AvgIpc) is 2.24. The summed E-state index contributed by atoms with van der Waals surface area (Å²) < 4.78 is 13.4. The highest BCUT2D eigenvalue weighted by Gasteiger charge is 2.21. The molecule has 0 aliphatic heterocycles. The Balaban J connectivity index is 2.05. The van der Waals surface area contributed by atoms with Crippen LogP contribution in [0.3, 0.4) is 0 Å². The third kappa shape index (κ3) is 2.89. The molecule has 0 saturated heterocycles. The van der Waals surface area contributed by atoms with Crippen LogP contribution >= 0.6 is 11.6 Å². The first-order valence-corrected chi connectivity index (χ1v) is 5.95. The molecule has 1 aliphatic carbocycles. The Morgan fingerprint density at radius 3 is 3.06 bits per heavy atom. The summed E-state index contributed by atoms with van der Waals surface area (Å²) in [7, 11) is 0. The summed E-state index contributed by atoms with van der Waals surface area (Å²) in [6, 6.07) is 0.249. The molecule has 0 bridgehead atoms. The largest absolute Gasteiger partial charge is 0.328 e. The van der Waals surface area contributed by atoms with Gasteiger partial charge in [-0.2, -0.15) is 0 Å². The van der Waals surface area contributed by atoms with E-state index in [-0.39, 0.29) is 17.1 Å². The minimum absolute atomic E-state index is 0.108. The van der Waals surface area contributed by atoms with E-state index in [1.165, 1.54) is 0 Å². The van der Waals surface area contributed by atoms with E-state index in [2.05, 4.69) is 9.97 Å². The monoisotopic (exact) mass is 243 g/mol. The standard InChI is InChI=1S/C11H15ClFN3/c12-11-15-6-9(13)10(16-11)5-7-2-1-3-8(14)4-7/h6-8H,1-5,14H2/t7-,8+/m0/s1. The predicted molar refractivity (Wildman–Crippen MR) is 60.6 cm³/mol. The highest BCUT2D eigenvalue weighted by atomic mass is 35.5. The Morgan fingerprint density at radius 2 is 2.31 bits per heavy atom. The Labute approximate surface area is 99.2 Å². The predicted octanol–water partition coefficient (Wildman–Crippen LogP) is 2.33. The number of rotatable bonds is 2. The van der Waals surface area contributed by atoms with Crippen molar-refractivity contribution >= 4 is 11.6 Å². The molecule has 3 nitrogen and oxygen atoms in total. The number of halogens is 2. The normalized spacial score (nSPS) is 25.7. The van der Waals surface area contributed by atoms with Crippen molar-refractivity contribution in [1.82, 2.24) is 9.97 Å². The van der Waals surface area contributed by atoms with E-state index < -0.39 is 0 Å². The molecule has 0 radical (unpaired) electrons. The van der Waals surface area contributed by atoms with Gasteiger partial charge in [0, 0.05) is 6.04 Å². The third-order valence-electron chi connectivity index (χ3n) is 3.09. The summed E-state index contributed by atoms with van der Waals surface area (Å²) >= 11 is 5.65. The van der Waals surface area contributed by atoms with E-state index in [1.54, 1.807) is 0 Å². The molecule has 2 N–H and O–H groups in total. The van der Waals surface area contributed by atoms with Crippen LogP contribution in [0, 0.1) is 11.7 Å². The summed E-state index contributed by atoms with van der Waals surface area (Å²) in [6.45, 7) is 0. The molecule has 16 heavy (non-hydrogen) atoms. The van der Waals surface area contributed by atoms with Gasteiger partial charge in [0.25, 0.3) is 0 Å². The maximum Gasteiger partial charge on any atom is 0.222 e. The zero-order valence-electron chi connectivity index (χ0n) is 9.00. The fourth-order valence-corrected chi connectivity index (χ4v) is 2.46. The smallest absolute Gasteiger partial charge is 0.222 e. The first kappa shape index (κ1) is 11.7. The highest BCUT2D eigenvalue weighted by molar-refractivity contribution is 6.28. The van der Waals surface area contributed by atoms with E-state index in [0.717, 1.165) is 31.9 Å². The van der Waals surface area contributed by atoms with Crippen molar-refractivity contribution in [1.29, 1.82) is 0 Å².